The molecule has 0 aliphatic rings. The van der Waals surface area contributed by atoms with Crippen LogP contribution in [0.15, 0.2) is 24.3 Å². The highest BCUT2D eigenvalue weighted by atomic mass is 15.1. The molecule has 2 aromatic rings. The van der Waals surface area contributed by atoms with Gasteiger partial charge in [0, 0.05) is 18.4 Å². The van der Waals surface area contributed by atoms with E-state index in [-0.39, 0.29) is 10.8 Å². The molecule has 0 saturated heterocycles. The lowest BCUT2D eigenvalue weighted by molar-refractivity contribution is 0.568. The van der Waals surface area contributed by atoms with Crippen LogP contribution in [-0.4, -0.2) is 7.05 Å². The molecule has 0 bridgehead atoms. The minimum absolute atomic E-state index is 0.130. The van der Waals surface area contributed by atoms with Gasteiger partial charge in [0.25, 0.3) is 0 Å². The van der Waals surface area contributed by atoms with Crippen molar-refractivity contribution in [3.8, 4) is 0 Å². The van der Waals surface area contributed by atoms with Crippen LogP contribution in [0.1, 0.15) is 74.9 Å². The van der Waals surface area contributed by atoms with Gasteiger partial charge in [0.1, 0.15) is 0 Å². The molecule has 2 rings (SSSR count). The van der Waals surface area contributed by atoms with E-state index in [1.807, 2.05) is 0 Å². The van der Waals surface area contributed by atoms with Gasteiger partial charge in [-0.05, 0) is 90.1 Å². The van der Waals surface area contributed by atoms with Gasteiger partial charge in [0.2, 0.25) is 0 Å². The van der Waals surface area contributed by atoms with Crippen molar-refractivity contribution < 1.29 is 0 Å². The Balaban J connectivity index is 2.68. The van der Waals surface area contributed by atoms with Crippen molar-refractivity contribution in [3.63, 3.8) is 0 Å². The van der Waals surface area contributed by atoms with Gasteiger partial charge in [-0.1, -0.05) is 47.6 Å². The van der Waals surface area contributed by atoms with Crippen molar-refractivity contribution in [1.82, 2.24) is 0 Å². The first-order valence-electron chi connectivity index (χ1n) is 9.70. The molecule has 0 aliphatic carbocycles. The lowest BCUT2D eigenvalue weighted by Gasteiger charge is -2.30. The fourth-order valence-corrected chi connectivity index (χ4v) is 3.35. The van der Waals surface area contributed by atoms with Gasteiger partial charge in [0.05, 0.1) is 0 Å². The number of rotatable bonds is 2. The lowest BCUT2D eigenvalue weighted by atomic mass is 9.80. The molecular formula is C25H37N. The third-order valence-electron chi connectivity index (χ3n) is 5.85. The zero-order valence-electron chi connectivity index (χ0n) is 18.8. The van der Waals surface area contributed by atoms with E-state index >= 15 is 0 Å². The van der Waals surface area contributed by atoms with E-state index in [4.69, 9.17) is 0 Å². The highest BCUT2D eigenvalue weighted by Gasteiger charge is 2.22. The summed E-state index contributed by atoms with van der Waals surface area (Å²) in [5, 5.41) is 0. The first-order valence-corrected chi connectivity index (χ1v) is 9.70. The summed E-state index contributed by atoms with van der Waals surface area (Å²) in [5.41, 5.74) is 11.1. The molecule has 1 heteroatoms. The van der Waals surface area contributed by atoms with Crippen LogP contribution in [-0.2, 0) is 10.8 Å². The molecule has 0 fully saturated rings. The zero-order valence-corrected chi connectivity index (χ0v) is 18.8. The Morgan fingerprint density at radius 1 is 0.615 bits per heavy atom. The van der Waals surface area contributed by atoms with Crippen molar-refractivity contribution in [3.05, 3.63) is 57.6 Å². The molecule has 0 spiro atoms. The Kier molecular flexibility index (Phi) is 5.34. The van der Waals surface area contributed by atoms with Gasteiger partial charge in [-0.25, -0.2) is 0 Å². The lowest BCUT2D eigenvalue weighted by Crippen LogP contribution is -2.19. The van der Waals surface area contributed by atoms with Crippen LogP contribution >= 0.6 is 0 Å². The smallest absolute Gasteiger partial charge is 0.0443 e. The molecule has 0 radical (unpaired) electrons. The Morgan fingerprint density at radius 3 is 1.50 bits per heavy atom. The second-order valence-corrected chi connectivity index (χ2v) is 9.92. The third kappa shape index (κ3) is 3.98. The summed E-state index contributed by atoms with van der Waals surface area (Å²) in [6, 6.07) is 9.44. The summed E-state index contributed by atoms with van der Waals surface area (Å²) in [5.74, 6) is 0. The van der Waals surface area contributed by atoms with E-state index in [9.17, 15) is 0 Å². The van der Waals surface area contributed by atoms with Crippen molar-refractivity contribution >= 4 is 11.4 Å². The standard InChI is InChI=1S/C25H37N/c1-16-12-23(19(4)18(3)17(16)2)26(11)22-14-20(24(5,6)7)13-21(15-22)25(8,9)10/h12-15H,1-11H3. The molecule has 26 heavy (non-hydrogen) atoms. The first-order chi connectivity index (χ1) is 11.7. The summed E-state index contributed by atoms with van der Waals surface area (Å²) >= 11 is 0. The van der Waals surface area contributed by atoms with Crippen molar-refractivity contribution in [2.75, 3.05) is 11.9 Å². The van der Waals surface area contributed by atoms with Crippen LogP contribution in [0.3, 0.4) is 0 Å². The summed E-state index contributed by atoms with van der Waals surface area (Å²) in [7, 11) is 2.20. The largest absolute Gasteiger partial charge is 0.344 e. The van der Waals surface area contributed by atoms with Gasteiger partial charge < -0.3 is 4.90 Å². The van der Waals surface area contributed by atoms with E-state index in [1.165, 1.54) is 44.8 Å². The molecule has 0 saturated carbocycles. The summed E-state index contributed by atoms with van der Waals surface area (Å²) in [6.45, 7) is 22.7. The van der Waals surface area contributed by atoms with Crippen molar-refractivity contribution in [1.29, 1.82) is 0 Å². The predicted octanol–water partition coefficient (Wildman–Crippen LogP) is 7.28. The molecule has 0 aromatic heterocycles. The number of aryl methyl sites for hydroxylation is 1. The van der Waals surface area contributed by atoms with E-state index < -0.39 is 0 Å². The number of hydrogen-bond acceptors (Lipinski definition) is 1. The maximum Gasteiger partial charge on any atom is 0.0443 e. The van der Waals surface area contributed by atoms with Gasteiger partial charge in [-0.15, -0.1) is 0 Å². The van der Waals surface area contributed by atoms with Crippen molar-refractivity contribution in [2.24, 2.45) is 0 Å². The maximum absolute atomic E-state index is 2.38. The SMILES string of the molecule is Cc1cc(N(C)c2cc(C(C)(C)C)cc(C(C)(C)C)c2)c(C)c(C)c1C. The molecular weight excluding hydrogens is 314 g/mol. The summed E-state index contributed by atoms with van der Waals surface area (Å²) in [6.07, 6.45) is 0. The van der Waals surface area contributed by atoms with Crippen molar-refractivity contribution in [2.45, 2.75) is 80.1 Å². The quantitative estimate of drug-likeness (QED) is 0.549. The molecule has 0 N–H and O–H groups in total. The van der Waals surface area contributed by atoms with Crippen LogP contribution in [0.25, 0.3) is 0 Å². The number of nitrogens with zero attached hydrogens (tertiary/aromatic N) is 1. The first kappa shape index (κ1) is 20.6. The monoisotopic (exact) mass is 351 g/mol. The zero-order chi connectivity index (χ0) is 20.0. The van der Waals surface area contributed by atoms with Gasteiger partial charge in [-0.3, -0.25) is 0 Å². The van der Waals surface area contributed by atoms with Gasteiger partial charge in [-0.2, -0.15) is 0 Å². The summed E-state index contributed by atoms with van der Waals surface area (Å²) in [4.78, 5) is 2.36. The third-order valence-corrected chi connectivity index (χ3v) is 5.85. The Hall–Kier alpha value is -1.76. The minimum atomic E-state index is 0.130. The van der Waals surface area contributed by atoms with E-state index in [1.54, 1.807) is 0 Å². The second kappa shape index (κ2) is 6.76. The molecule has 0 heterocycles. The normalized spacial score (nSPS) is 12.4. The van der Waals surface area contributed by atoms with E-state index in [0.717, 1.165) is 0 Å². The molecule has 0 atom stereocenters. The van der Waals surface area contributed by atoms with Crippen LogP contribution in [0.4, 0.5) is 11.4 Å². The topological polar surface area (TPSA) is 3.24 Å². The van der Waals surface area contributed by atoms with Gasteiger partial charge >= 0.3 is 0 Å². The maximum atomic E-state index is 2.38. The fourth-order valence-electron chi connectivity index (χ4n) is 3.35. The van der Waals surface area contributed by atoms with Crippen LogP contribution < -0.4 is 4.90 Å². The van der Waals surface area contributed by atoms with E-state index in [2.05, 4.69) is 105 Å². The Labute approximate surface area is 161 Å². The van der Waals surface area contributed by atoms with Gasteiger partial charge in [0.15, 0.2) is 0 Å². The van der Waals surface area contributed by atoms with E-state index in [0.29, 0.717) is 0 Å². The molecule has 1 nitrogen and oxygen atoms in total. The molecule has 2 aromatic carbocycles. The minimum Gasteiger partial charge on any atom is -0.344 e. The van der Waals surface area contributed by atoms with Crippen LogP contribution in [0.5, 0.6) is 0 Å². The Morgan fingerprint density at radius 2 is 1.08 bits per heavy atom. The highest BCUT2D eigenvalue weighted by molar-refractivity contribution is 5.70. The number of benzene rings is 2. The second-order valence-electron chi connectivity index (χ2n) is 9.92. The number of anilines is 2. The average Bonchev–Trinajstić information content (AvgIpc) is 2.53. The Bertz CT molecular complexity index is 781. The summed E-state index contributed by atoms with van der Waals surface area (Å²) < 4.78 is 0. The molecule has 142 valence electrons. The van der Waals surface area contributed by atoms with Crippen LogP contribution in [0, 0.1) is 27.7 Å². The van der Waals surface area contributed by atoms with Crippen LogP contribution in [0.2, 0.25) is 0 Å². The highest BCUT2D eigenvalue weighted by Crippen LogP contribution is 2.37. The molecule has 0 unspecified atom stereocenters. The predicted molar refractivity (Wildman–Crippen MR) is 117 cm³/mol. The molecule has 0 amide bonds. The average molecular weight is 352 g/mol. The molecule has 0 aliphatic heterocycles. The fraction of sp³-hybridized carbons (Fsp3) is 0.520. The number of hydrogen-bond donors (Lipinski definition) is 0.